The third-order valence-electron chi connectivity index (χ3n) is 3.88. The van der Waals surface area contributed by atoms with Gasteiger partial charge in [0.15, 0.2) is 0 Å². The molecule has 0 aliphatic heterocycles. The summed E-state index contributed by atoms with van der Waals surface area (Å²) in [6.07, 6.45) is 9.04. The molecule has 0 N–H and O–H groups in total. The number of rotatable bonds is 4. The molecule has 0 spiro atoms. The van der Waals surface area contributed by atoms with E-state index >= 15 is 0 Å². The standard InChI is InChI=1S/C14H24O/c1-5-11(2)13(15)14(3,4)12-9-7-6-8-10-12/h7,9,11-12H,5-6,8,10H2,1-4H3. The summed E-state index contributed by atoms with van der Waals surface area (Å²) in [6, 6.07) is 0. The van der Waals surface area contributed by atoms with Crippen LogP contribution in [0.15, 0.2) is 12.2 Å². The van der Waals surface area contributed by atoms with Gasteiger partial charge in [-0.3, -0.25) is 4.79 Å². The third-order valence-corrected chi connectivity index (χ3v) is 3.88. The van der Waals surface area contributed by atoms with Crippen LogP contribution in [0.1, 0.15) is 53.4 Å². The molecule has 1 aliphatic carbocycles. The van der Waals surface area contributed by atoms with Gasteiger partial charge in [0.25, 0.3) is 0 Å². The van der Waals surface area contributed by atoms with E-state index in [9.17, 15) is 4.79 Å². The van der Waals surface area contributed by atoms with Crippen LogP contribution in [0.5, 0.6) is 0 Å². The lowest BCUT2D eigenvalue weighted by Gasteiger charge is -2.34. The molecule has 15 heavy (non-hydrogen) atoms. The van der Waals surface area contributed by atoms with Gasteiger partial charge in [-0.25, -0.2) is 0 Å². The molecule has 0 heterocycles. The second-order valence-corrected chi connectivity index (χ2v) is 5.36. The molecular weight excluding hydrogens is 184 g/mol. The van der Waals surface area contributed by atoms with Gasteiger partial charge in [0.2, 0.25) is 0 Å². The van der Waals surface area contributed by atoms with E-state index in [1.807, 2.05) is 0 Å². The van der Waals surface area contributed by atoms with Crippen molar-refractivity contribution in [2.75, 3.05) is 0 Å². The summed E-state index contributed by atoms with van der Waals surface area (Å²) < 4.78 is 0. The van der Waals surface area contributed by atoms with Gasteiger partial charge < -0.3 is 0 Å². The highest BCUT2D eigenvalue weighted by Crippen LogP contribution is 2.37. The van der Waals surface area contributed by atoms with Crippen molar-refractivity contribution in [3.05, 3.63) is 12.2 Å². The van der Waals surface area contributed by atoms with E-state index in [4.69, 9.17) is 0 Å². The van der Waals surface area contributed by atoms with Crippen molar-refractivity contribution in [1.29, 1.82) is 0 Å². The largest absolute Gasteiger partial charge is 0.299 e. The van der Waals surface area contributed by atoms with Crippen LogP contribution in [0.2, 0.25) is 0 Å². The molecule has 0 saturated heterocycles. The second kappa shape index (κ2) is 4.96. The Morgan fingerprint density at radius 1 is 1.53 bits per heavy atom. The number of hydrogen-bond acceptors (Lipinski definition) is 1. The van der Waals surface area contributed by atoms with Gasteiger partial charge in [0.1, 0.15) is 5.78 Å². The fourth-order valence-electron chi connectivity index (χ4n) is 2.42. The predicted octanol–water partition coefficient (Wildman–Crippen LogP) is 3.98. The van der Waals surface area contributed by atoms with Crippen molar-refractivity contribution in [3.8, 4) is 0 Å². The molecule has 0 aromatic rings. The molecule has 0 fully saturated rings. The Hall–Kier alpha value is -0.590. The maximum atomic E-state index is 12.3. The Balaban J connectivity index is 2.76. The van der Waals surface area contributed by atoms with E-state index in [-0.39, 0.29) is 11.3 Å². The Kier molecular flexibility index (Phi) is 4.12. The summed E-state index contributed by atoms with van der Waals surface area (Å²) in [5.41, 5.74) is -0.174. The third kappa shape index (κ3) is 2.70. The molecular formula is C14H24O. The zero-order chi connectivity index (χ0) is 11.5. The SMILES string of the molecule is CCC(C)C(=O)C(C)(C)C1C=CCCC1. The van der Waals surface area contributed by atoms with Gasteiger partial charge >= 0.3 is 0 Å². The minimum atomic E-state index is -0.174. The van der Waals surface area contributed by atoms with Gasteiger partial charge in [-0.2, -0.15) is 0 Å². The van der Waals surface area contributed by atoms with Gasteiger partial charge in [-0.15, -0.1) is 0 Å². The summed E-state index contributed by atoms with van der Waals surface area (Å²) in [6.45, 7) is 8.37. The van der Waals surface area contributed by atoms with Crippen LogP contribution in [0.25, 0.3) is 0 Å². The minimum absolute atomic E-state index is 0.174. The fourth-order valence-corrected chi connectivity index (χ4v) is 2.42. The summed E-state index contributed by atoms with van der Waals surface area (Å²) in [7, 11) is 0. The molecule has 0 aromatic heterocycles. The van der Waals surface area contributed by atoms with E-state index in [0.717, 1.165) is 6.42 Å². The van der Waals surface area contributed by atoms with Crippen molar-refractivity contribution < 1.29 is 4.79 Å². The van der Waals surface area contributed by atoms with Crippen molar-refractivity contribution in [1.82, 2.24) is 0 Å². The molecule has 1 rings (SSSR count). The fraction of sp³-hybridized carbons (Fsp3) is 0.786. The second-order valence-electron chi connectivity index (χ2n) is 5.36. The Bertz CT molecular complexity index is 250. The summed E-state index contributed by atoms with van der Waals surface area (Å²) in [5, 5.41) is 0. The van der Waals surface area contributed by atoms with Crippen LogP contribution < -0.4 is 0 Å². The van der Waals surface area contributed by atoms with Crippen molar-refractivity contribution in [3.63, 3.8) is 0 Å². The molecule has 0 saturated carbocycles. The highest BCUT2D eigenvalue weighted by atomic mass is 16.1. The number of carbonyl (C=O) groups excluding carboxylic acids is 1. The molecule has 0 radical (unpaired) electrons. The molecule has 1 nitrogen and oxygen atoms in total. The van der Waals surface area contributed by atoms with Crippen molar-refractivity contribution in [2.45, 2.75) is 53.4 Å². The van der Waals surface area contributed by atoms with Gasteiger partial charge in [-0.1, -0.05) is 39.8 Å². The highest BCUT2D eigenvalue weighted by Gasteiger charge is 2.37. The topological polar surface area (TPSA) is 17.1 Å². The van der Waals surface area contributed by atoms with Crippen LogP contribution >= 0.6 is 0 Å². The maximum Gasteiger partial charge on any atom is 0.141 e. The lowest BCUT2D eigenvalue weighted by Crippen LogP contribution is -2.36. The van der Waals surface area contributed by atoms with Gasteiger partial charge in [0.05, 0.1) is 0 Å². The van der Waals surface area contributed by atoms with Crippen LogP contribution in [-0.2, 0) is 4.79 Å². The minimum Gasteiger partial charge on any atom is -0.299 e. The van der Waals surface area contributed by atoms with E-state index in [2.05, 4.69) is 39.8 Å². The van der Waals surface area contributed by atoms with Crippen LogP contribution in [0, 0.1) is 17.3 Å². The normalized spacial score (nSPS) is 23.9. The average molecular weight is 208 g/mol. The smallest absolute Gasteiger partial charge is 0.141 e. The number of ketones is 1. The van der Waals surface area contributed by atoms with Crippen molar-refractivity contribution >= 4 is 5.78 Å². The van der Waals surface area contributed by atoms with Crippen LogP contribution in [0.3, 0.4) is 0 Å². The highest BCUT2D eigenvalue weighted by molar-refractivity contribution is 5.86. The summed E-state index contributed by atoms with van der Waals surface area (Å²) in [4.78, 5) is 12.3. The van der Waals surface area contributed by atoms with Gasteiger partial charge in [-0.05, 0) is 31.6 Å². The average Bonchev–Trinajstić information content (AvgIpc) is 2.28. The van der Waals surface area contributed by atoms with E-state index in [1.165, 1.54) is 19.3 Å². The number of hydrogen-bond donors (Lipinski definition) is 0. The zero-order valence-corrected chi connectivity index (χ0v) is 10.5. The van der Waals surface area contributed by atoms with Crippen LogP contribution in [0.4, 0.5) is 0 Å². The van der Waals surface area contributed by atoms with E-state index < -0.39 is 0 Å². The molecule has 86 valence electrons. The molecule has 1 heteroatoms. The first kappa shape index (κ1) is 12.5. The quantitative estimate of drug-likeness (QED) is 0.639. The summed E-state index contributed by atoms with van der Waals surface area (Å²) >= 11 is 0. The zero-order valence-electron chi connectivity index (χ0n) is 10.5. The number of allylic oxidation sites excluding steroid dienone is 2. The van der Waals surface area contributed by atoms with E-state index in [0.29, 0.717) is 11.7 Å². The number of carbonyl (C=O) groups is 1. The van der Waals surface area contributed by atoms with Crippen LogP contribution in [-0.4, -0.2) is 5.78 Å². The molecule has 0 bridgehead atoms. The first-order valence-corrected chi connectivity index (χ1v) is 6.21. The Morgan fingerprint density at radius 2 is 2.20 bits per heavy atom. The first-order valence-electron chi connectivity index (χ1n) is 6.21. The molecule has 1 aliphatic rings. The maximum absolute atomic E-state index is 12.3. The lowest BCUT2D eigenvalue weighted by atomic mass is 9.68. The van der Waals surface area contributed by atoms with Crippen molar-refractivity contribution in [2.24, 2.45) is 17.3 Å². The molecule has 2 unspecified atom stereocenters. The van der Waals surface area contributed by atoms with Gasteiger partial charge in [0, 0.05) is 11.3 Å². The molecule has 0 aromatic carbocycles. The number of Topliss-reactive ketones (excluding diaryl/α,β-unsaturated/α-hetero) is 1. The predicted molar refractivity (Wildman–Crippen MR) is 64.7 cm³/mol. The lowest BCUT2D eigenvalue weighted by molar-refractivity contribution is -0.132. The Labute approximate surface area is 93.9 Å². The molecule has 2 atom stereocenters. The summed E-state index contributed by atoms with van der Waals surface area (Å²) in [5.74, 6) is 1.09. The van der Waals surface area contributed by atoms with E-state index in [1.54, 1.807) is 0 Å². The first-order chi connectivity index (χ1) is 7.00. The molecule has 0 amide bonds. The monoisotopic (exact) mass is 208 g/mol. The Morgan fingerprint density at radius 3 is 2.67 bits per heavy atom.